The summed E-state index contributed by atoms with van der Waals surface area (Å²) in [5.74, 6) is -0.486. The number of carbonyl (C=O) groups excluding carboxylic acids is 1. The van der Waals surface area contributed by atoms with Gasteiger partial charge in [-0.1, -0.05) is 36.2 Å². The number of hydrogen-bond donors (Lipinski definition) is 3. The third-order valence-corrected chi connectivity index (χ3v) is 5.45. The number of carboxylic acids is 1. The number of anilines is 2. The zero-order valence-corrected chi connectivity index (χ0v) is 19.6. The monoisotopic (exact) mass is 466 g/mol. The molecule has 168 valence electrons. The summed E-state index contributed by atoms with van der Waals surface area (Å²) in [5, 5.41) is 16.6. The molecule has 0 saturated heterocycles. The van der Waals surface area contributed by atoms with Gasteiger partial charge in [-0.25, -0.2) is 0 Å². The third-order valence-electron chi connectivity index (χ3n) is 4.86. The average Bonchev–Trinajstić information content (AvgIpc) is 2.67. The number of nitrogens with one attached hydrogen (secondary N) is 2. The summed E-state index contributed by atoms with van der Waals surface area (Å²) in [7, 11) is 0. The number of carboxylic acid groups (broad SMARTS) is 1. The van der Waals surface area contributed by atoms with Crippen LogP contribution in [0, 0.1) is 5.41 Å². The zero-order valence-electron chi connectivity index (χ0n) is 18.1. The number of amides is 1. The Labute approximate surface area is 192 Å². The predicted octanol–water partition coefficient (Wildman–Crippen LogP) is 6.22. The van der Waals surface area contributed by atoms with Gasteiger partial charge in [0, 0.05) is 29.6 Å². The van der Waals surface area contributed by atoms with Crippen molar-refractivity contribution in [2.45, 2.75) is 53.2 Å². The Morgan fingerprint density at radius 3 is 2.42 bits per heavy atom. The Morgan fingerprint density at radius 1 is 1.13 bits per heavy atom. The maximum Gasteiger partial charge on any atom is 0.309 e. The lowest BCUT2D eigenvalue weighted by Gasteiger charge is -2.26. The molecule has 0 aliphatic rings. The zero-order chi connectivity index (χ0) is 23.2. The van der Waals surface area contributed by atoms with Crippen LogP contribution < -0.4 is 15.4 Å². The van der Waals surface area contributed by atoms with Crippen LogP contribution in [0.2, 0.25) is 10.0 Å². The van der Waals surface area contributed by atoms with Crippen LogP contribution in [0.1, 0.15) is 46.1 Å². The molecule has 1 amide bonds. The molecule has 2 rings (SSSR count). The minimum atomic E-state index is -0.900. The molecule has 0 radical (unpaired) electrons. The van der Waals surface area contributed by atoms with Gasteiger partial charge in [0.2, 0.25) is 5.91 Å². The summed E-state index contributed by atoms with van der Waals surface area (Å²) in [5.41, 5.74) is 1.21. The molecule has 3 N–H and O–H groups in total. The van der Waals surface area contributed by atoms with Gasteiger partial charge in [-0.2, -0.15) is 0 Å². The van der Waals surface area contributed by atoms with Crippen LogP contribution in [0.4, 0.5) is 11.4 Å². The van der Waals surface area contributed by atoms with E-state index in [1.807, 2.05) is 13.0 Å². The van der Waals surface area contributed by atoms with E-state index in [9.17, 15) is 14.7 Å². The van der Waals surface area contributed by atoms with Gasteiger partial charge in [0.25, 0.3) is 0 Å². The molecule has 0 aliphatic carbocycles. The van der Waals surface area contributed by atoms with E-state index in [-0.39, 0.29) is 12.0 Å². The van der Waals surface area contributed by atoms with Crippen LogP contribution in [0.25, 0.3) is 0 Å². The lowest BCUT2D eigenvalue weighted by Crippen LogP contribution is -2.31. The number of benzene rings is 2. The quantitative estimate of drug-likeness (QED) is 0.386. The SMILES string of the molecule is CCC(CC(C)(C)C(=O)O)Oc1ccc(NC(C)=O)c(NCc2ccc(Cl)cc2Cl)c1. The molecule has 0 heterocycles. The van der Waals surface area contributed by atoms with E-state index in [4.69, 9.17) is 27.9 Å². The summed E-state index contributed by atoms with van der Waals surface area (Å²) in [6.07, 6.45) is 0.763. The first kappa shape index (κ1) is 24.8. The highest BCUT2D eigenvalue weighted by atomic mass is 35.5. The first-order chi connectivity index (χ1) is 14.5. The van der Waals surface area contributed by atoms with Crippen LogP contribution in [0.5, 0.6) is 5.75 Å². The largest absolute Gasteiger partial charge is 0.490 e. The maximum atomic E-state index is 11.6. The Morgan fingerprint density at radius 2 is 1.84 bits per heavy atom. The molecule has 31 heavy (non-hydrogen) atoms. The molecule has 0 saturated carbocycles. The molecule has 2 aromatic carbocycles. The maximum absolute atomic E-state index is 11.6. The molecular weight excluding hydrogens is 439 g/mol. The molecule has 0 fully saturated rings. The van der Waals surface area contributed by atoms with Crippen molar-refractivity contribution in [1.82, 2.24) is 0 Å². The summed E-state index contributed by atoms with van der Waals surface area (Å²) in [6.45, 7) is 7.17. The van der Waals surface area contributed by atoms with Crippen molar-refractivity contribution in [1.29, 1.82) is 0 Å². The van der Waals surface area contributed by atoms with Gasteiger partial charge in [0.1, 0.15) is 5.75 Å². The van der Waals surface area contributed by atoms with Crippen molar-refractivity contribution in [3.63, 3.8) is 0 Å². The van der Waals surface area contributed by atoms with E-state index in [0.29, 0.717) is 46.6 Å². The molecule has 0 spiro atoms. The van der Waals surface area contributed by atoms with Crippen LogP contribution in [0.15, 0.2) is 36.4 Å². The van der Waals surface area contributed by atoms with Gasteiger partial charge >= 0.3 is 5.97 Å². The second-order valence-corrected chi connectivity index (χ2v) is 8.86. The summed E-state index contributed by atoms with van der Waals surface area (Å²) in [6, 6.07) is 10.5. The first-order valence-corrected chi connectivity index (χ1v) is 10.8. The normalized spacial score (nSPS) is 12.2. The molecule has 1 atom stereocenters. The van der Waals surface area contributed by atoms with Crippen LogP contribution in [0.3, 0.4) is 0 Å². The Kier molecular flexibility index (Phi) is 8.60. The smallest absolute Gasteiger partial charge is 0.309 e. The highest BCUT2D eigenvalue weighted by Gasteiger charge is 2.31. The van der Waals surface area contributed by atoms with E-state index in [2.05, 4.69) is 10.6 Å². The first-order valence-electron chi connectivity index (χ1n) is 10.0. The number of halogens is 2. The fourth-order valence-electron chi connectivity index (χ4n) is 3.02. The highest BCUT2D eigenvalue weighted by Crippen LogP contribution is 2.32. The second kappa shape index (κ2) is 10.7. The number of aliphatic carboxylic acids is 1. The molecule has 0 aromatic heterocycles. The number of rotatable bonds is 10. The van der Waals surface area contributed by atoms with Crippen molar-refractivity contribution in [2.75, 3.05) is 10.6 Å². The van der Waals surface area contributed by atoms with Gasteiger partial charge in [-0.3, -0.25) is 9.59 Å². The van der Waals surface area contributed by atoms with Crippen molar-refractivity contribution in [3.05, 3.63) is 52.0 Å². The predicted molar refractivity (Wildman–Crippen MR) is 125 cm³/mol. The molecule has 0 bridgehead atoms. The number of hydrogen-bond acceptors (Lipinski definition) is 4. The van der Waals surface area contributed by atoms with E-state index in [1.54, 1.807) is 44.2 Å². The fraction of sp³-hybridized carbons (Fsp3) is 0.391. The van der Waals surface area contributed by atoms with Crippen molar-refractivity contribution < 1.29 is 19.4 Å². The molecule has 2 aromatic rings. The highest BCUT2D eigenvalue weighted by molar-refractivity contribution is 6.35. The van der Waals surface area contributed by atoms with Gasteiger partial charge < -0.3 is 20.5 Å². The number of ether oxygens (including phenoxy) is 1. The minimum Gasteiger partial charge on any atom is -0.490 e. The molecule has 8 heteroatoms. The van der Waals surface area contributed by atoms with Gasteiger partial charge in [0.05, 0.1) is 22.9 Å². The molecule has 6 nitrogen and oxygen atoms in total. The van der Waals surface area contributed by atoms with Crippen molar-refractivity contribution in [3.8, 4) is 5.75 Å². The molecule has 1 unspecified atom stereocenters. The van der Waals surface area contributed by atoms with E-state index in [1.165, 1.54) is 6.92 Å². The lowest BCUT2D eigenvalue weighted by molar-refractivity contribution is -0.148. The Hall–Kier alpha value is -2.44. The van der Waals surface area contributed by atoms with Crippen molar-refractivity contribution >= 4 is 46.5 Å². The topological polar surface area (TPSA) is 87.7 Å². The van der Waals surface area contributed by atoms with E-state index < -0.39 is 11.4 Å². The standard InChI is InChI=1S/C23H28Cl2N2O4/c1-5-17(12-23(3,4)22(29)30)31-18-8-9-20(27-14(2)28)21(11-18)26-13-15-6-7-16(24)10-19(15)25/h6-11,17,26H,5,12-13H2,1-4H3,(H,27,28)(H,29,30). The van der Waals surface area contributed by atoms with Gasteiger partial charge in [-0.05, 0) is 56.5 Å². The third kappa shape index (κ3) is 7.33. The summed E-state index contributed by atoms with van der Waals surface area (Å²) in [4.78, 5) is 23.1. The Bertz CT molecular complexity index is 947. The van der Waals surface area contributed by atoms with Crippen LogP contribution in [-0.4, -0.2) is 23.1 Å². The molecule has 0 aliphatic heterocycles. The van der Waals surface area contributed by atoms with Crippen LogP contribution >= 0.6 is 23.2 Å². The van der Waals surface area contributed by atoms with Gasteiger partial charge in [0.15, 0.2) is 0 Å². The van der Waals surface area contributed by atoms with E-state index in [0.717, 1.165) is 5.56 Å². The number of carbonyl (C=O) groups is 2. The van der Waals surface area contributed by atoms with Gasteiger partial charge in [-0.15, -0.1) is 0 Å². The Balaban J connectivity index is 2.23. The summed E-state index contributed by atoms with van der Waals surface area (Å²) < 4.78 is 6.08. The van der Waals surface area contributed by atoms with Crippen LogP contribution in [-0.2, 0) is 16.1 Å². The minimum absolute atomic E-state index is 0.198. The summed E-state index contributed by atoms with van der Waals surface area (Å²) >= 11 is 12.2. The second-order valence-electron chi connectivity index (χ2n) is 8.02. The fourth-order valence-corrected chi connectivity index (χ4v) is 3.49. The van der Waals surface area contributed by atoms with E-state index >= 15 is 0 Å². The van der Waals surface area contributed by atoms with Crippen molar-refractivity contribution in [2.24, 2.45) is 5.41 Å². The lowest BCUT2D eigenvalue weighted by atomic mass is 9.86. The average molecular weight is 467 g/mol. The molecular formula is C23H28Cl2N2O4.